The Morgan fingerprint density at radius 3 is 2.22 bits per heavy atom. The molecule has 1 aliphatic carbocycles. The largest absolute Gasteiger partial charge is 0.471 e. The van der Waals surface area contributed by atoms with Gasteiger partial charge in [0.25, 0.3) is 0 Å². The van der Waals surface area contributed by atoms with E-state index in [4.69, 9.17) is 11.6 Å². The maximum Gasteiger partial charge on any atom is 0.471 e. The third-order valence-electron chi connectivity index (χ3n) is 3.14. The zero-order valence-electron chi connectivity index (χ0n) is 9.73. The third-order valence-corrected chi connectivity index (χ3v) is 3.41. The topological polar surface area (TPSA) is 46.2 Å². The second-order valence-electron chi connectivity index (χ2n) is 4.45. The fourth-order valence-electron chi connectivity index (χ4n) is 2.23. The average molecular weight is 286 g/mol. The SMILES string of the molecule is O=C(CCl)C(NC(=O)C(F)(F)F)C1CCCCC1. The Kier molecular flexibility index (Phi) is 5.44. The molecule has 0 aromatic rings. The molecule has 1 amide bonds. The summed E-state index contributed by atoms with van der Waals surface area (Å²) in [5.74, 6) is -3.26. The molecule has 0 radical (unpaired) electrons. The van der Waals surface area contributed by atoms with Crippen molar-refractivity contribution < 1.29 is 22.8 Å². The predicted molar refractivity (Wildman–Crippen MR) is 60.3 cm³/mol. The van der Waals surface area contributed by atoms with E-state index in [1.54, 1.807) is 5.32 Å². The minimum absolute atomic E-state index is 0.240. The number of Topliss-reactive ketones (excluding diaryl/α,β-unsaturated/α-hetero) is 1. The summed E-state index contributed by atoms with van der Waals surface area (Å²) < 4.78 is 36.6. The second kappa shape index (κ2) is 6.41. The van der Waals surface area contributed by atoms with Gasteiger partial charge in [0, 0.05) is 0 Å². The molecule has 1 unspecified atom stereocenters. The first-order valence-electron chi connectivity index (χ1n) is 5.82. The first-order valence-corrected chi connectivity index (χ1v) is 6.36. The number of alkyl halides is 4. The maximum absolute atomic E-state index is 12.2. The van der Waals surface area contributed by atoms with Crippen molar-refractivity contribution in [3.63, 3.8) is 0 Å². The Balaban J connectivity index is 2.72. The van der Waals surface area contributed by atoms with E-state index < -0.39 is 23.9 Å². The summed E-state index contributed by atoms with van der Waals surface area (Å²) in [6.45, 7) is 0. The minimum Gasteiger partial charge on any atom is -0.338 e. The summed E-state index contributed by atoms with van der Waals surface area (Å²) in [5, 5.41) is 1.78. The van der Waals surface area contributed by atoms with Gasteiger partial charge in [0.2, 0.25) is 0 Å². The zero-order valence-corrected chi connectivity index (χ0v) is 10.5. The van der Waals surface area contributed by atoms with Crippen LogP contribution >= 0.6 is 11.6 Å². The van der Waals surface area contributed by atoms with E-state index in [2.05, 4.69) is 0 Å². The van der Waals surface area contributed by atoms with Crippen LogP contribution in [0.2, 0.25) is 0 Å². The van der Waals surface area contributed by atoms with Gasteiger partial charge in [-0.3, -0.25) is 9.59 Å². The summed E-state index contributed by atoms with van der Waals surface area (Å²) in [5.41, 5.74) is 0. The molecule has 0 heterocycles. The lowest BCUT2D eigenvalue weighted by Gasteiger charge is -2.29. The Morgan fingerprint density at radius 1 is 1.22 bits per heavy atom. The molecule has 104 valence electrons. The molecule has 0 bridgehead atoms. The van der Waals surface area contributed by atoms with Crippen LogP contribution in [0.3, 0.4) is 0 Å². The van der Waals surface area contributed by atoms with Gasteiger partial charge >= 0.3 is 12.1 Å². The molecule has 0 spiro atoms. The molecular formula is C11H15ClF3NO2. The van der Waals surface area contributed by atoms with Crippen molar-refractivity contribution in [2.75, 3.05) is 5.88 Å². The first-order chi connectivity index (χ1) is 8.36. The highest BCUT2D eigenvalue weighted by atomic mass is 35.5. The Labute approximate surface area is 108 Å². The standard InChI is InChI=1S/C11H15ClF3NO2/c12-6-8(17)9(7-4-2-1-3-5-7)16-10(18)11(13,14)15/h7,9H,1-6H2,(H,16,18). The van der Waals surface area contributed by atoms with Crippen molar-refractivity contribution in [3.05, 3.63) is 0 Å². The lowest BCUT2D eigenvalue weighted by atomic mass is 9.82. The van der Waals surface area contributed by atoms with Gasteiger partial charge in [-0.25, -0.2) is 0 Å². The summed E-state index contributed by atoms with van der Waals surface area (Å²) in [7, 11) is 0. The quantitative estimate of drug-likeness (QED) is 0.806. The number of hydrogen-bond donors (Lipinski definition) is 1. The summed E-state index contributed by atoms with van der Waals surface area (Å²) in [6, 6.07) is -1.11. The summed E-state index contributed by atoms with van der Waals surface area (Å²) >= 11 is 5.38. The van der Waals surface area contributed by atoms with Gasteiger partial charge in [-0.1, -0.05) is 19.3 Å². The molecule has 1 aliphatic rings. The number of rotatable bonds is 4. The highest BCUT2D eigenvalue weighted by Crippen LogP contribution is 2.28. The molecule has 3 nitrogen and oxygen atoms in total. The Bertz CT molecular complexity index is 314. The number of hydrogen-bond acceptors (Lipinski definition) is 2. The van der Waals surface area contributed by atoms with Gasteiger partial charge < -0.3 is 5.32 Å². The fraction of sp³-hybridized carbons (Fsp3) is 0.818. The van der Waals surface area contributed by atoms with Crippen LogP contribution in [0.4, 0.5) is 13.2 Å². The molecule has 1 N–H and O–H groups in total. The van der Waals surface area contributed by atoms with Crippen LogP contribution in [-0.2, 0) is 9.59 Å². The smallest absolute Gasteiger partial charge is 0.338 e. The molecular weight excluding hydrogens is 271 g/mol. The van der Waals surface area contributed by atoms with Crippen LogP contribution < -0.4 is 5.32 Å². The fourth-order valence-corrected chi connectivity index (χ4v) is 2.40. The molecule has 0 aromatic heterocycles. The van der Waals surface area contributed by atoms with E-state index in [9.17, 15) is 22.8 Å². The van der Waals surface area contributed by atoms with Crippen LogP contribution in [0, 0.1) is 5.92 Å². The number of amides is 1. The lowest BCUT2D eigenvalue weighted by Crippen LogP contribution is -2.51. The number of carbonyl (C=O) groups is 2. The van der Waals surface area contributed by atoms with Crippen molar-refractivity contribution in [3.8, 4) is 0 Å². The van der Waals surface area contributed by atoms with Gasteiger partial charge in [-0.05, 0) is 18.8 Å². The van der Waals surface area contributed by atoms with Crippen LogP contribution in [0.1, 0.15) is 32.1 Å². The van der Waals surface area contributed by atoms with Crippen molar-refractivity contribution >= 4 is 23.3 Å². The molecule has 1 saturated carbocycles. The summed E-state index contributed by atoms with van der Waals surface area (Å²) in [4.78, 5) is 22.5. The molecule has 0 aromatic carbocycles. The van der Waals surface area contributed by atoms with Crippen LogP contribution in [0.5, 0.6) is 0 Å². The van der Waals surface area contributed by atoms with Gasteiger partial charge in [0.1, 0.15) is 0 Å². The second-order valence-corrected chi connectivity index (χ2v) is 4.71. The van der Waals surface area contributed by atoms with Crippen LogP contribution in [-0.4, -0.2) is 29.8 Å². The maximum atomic E-state index is 12.2. The molecule has 1 fully saturated rings. The normalized spacial score (nSPS) is 19.3. The van der Waals surface area contributed by atoms with E-state index in [1.165, 1.54) is 0 Å². The van der Waals surface area contributed by atoms with Gasteiger partial charge in [0.15, 0.2) is 5.78 Å². The zero-order chi connectivity index (χ0) is 13.8. The highest BCUT2D eigenvalue weighted by Gasteiger charge is 2.42. The van der Waals surface area contributed by atoms with Crippen molar-refractivity contribution in [1.82, 2.24) is 5.32 Å². The van der Waals surface area contributed by atoms with Crippen molar-refractivity contribution in [2.24, 2.45) is 5.92 Å². The van der Waals surface area contributed by atoms with Gasteiger partial charge in [-0.2, -0.15) is 13.2 Å². The van der Waals surface area contributed by atoms with Gasteiger partial charge in [-0.15, -0.1) is 11.6 Å². The van der Waals surface area contributed by atoms with E-state index in [0.717, 1.165) is 19.3 Å². The molecule has 0 aliphatic heterocycles. The molecule has 1 atom stereocenters. The number of halogens is 4. The van der Waals surface area contributed by atoms with E-state index >= 15 is 0 Å². The highest BCUT2D eigenvalue weighted by molar-refractivity contribution is 6.28. The number of ketones is 1. The van der Waals surface area contributed by atoms with Gasteiger partial charge in [0.05, 0.1) is 11.9 Å². The monoisotopic (exact) mass is 285 g/mol. The van der Waals surface area contributed by atoms with Crippen LogP contribution in [0.25, 0.3) is 0 Å². The molecule has 1 rings (SSSR count). The van der Waals surface area contributed by atoms with Crippen LogP contribution in [0.15, 0.2) is 0 Å². The van der Waals surface area contributed by atoms with E-state index in [0.29, 0.717) is 12.8 Å². The average Bonchev–Trinajstić information content (AvgIpc) is 2.34. The Hall–Kier alpha value is -0.780. The van der Waals surface area contributed by atoms with Crippen molar-refractivity contribution in [1.29, 1.82) is 0 Å². The minimum atomic E-state index is -4.97. The Morgan fingerprint density at radius 2 is 1.78 bits per heavy atom. The molecule has 7 heteroatoms. The third kappa shape index (κ3) is 4.15. The lowest BCUT2D eigenvalue weighted by molar-refractivity contribution is -0.175. The number of nitrogens with one attached hydrogen (secondary N) is 1. The summed E-state index contributed by atoms with van der Waals surface area (Å²) in [6.07, 6.45) is -0.959. The number of carbonyl (C=O) groups excluding carboxylic acids is 2. The van der Waals surface area contributed by atoms with E-state index in [-0.39, 0.29) is 11.8 Å². The molecule has 18 heavy (non-hydrogen) atoms. The first kappa shape index (κ1) is 15.3. The predicted octanol–water partition coefficient (Wildman–Crippen LogP) is 2.42. The van der Waals surface area contributed by atoms with Crippen molar-refractivity contribution in [2.45, 2.75) is 44.3 Å². The van der Waals surface area contributed by atoms with E-state index in [1.807, 2.05) is 0 Å². The molecule has 0 saturated heterocycles.